The van der Waals surface area contributed by atoms with Crippen LogP contribution in [0.5, 0.6) is 0 Å². The van der Waals surface area contributed by atoms with E-state index in [9.17, 15) is 14.9 Å². The first-order valence-electron chi connectivity index (χ1n) is 7.40. The van der Waals surface area contributed by atoms with Crippen molar-refractivity contribution < 1.29 is 9.72 Å². The quantitative estimate of drug-likeness (QED) is 0.496. The maximum Gasteiger partial charge on any atom is 0.269 e. The van der Waals surface area contributed by atoms with Crippen LogP contribution < -0.4 is 5.73 Å². The number of hydrogen-bond donors (Lipinski definition) is 1. The van der Waals surface area contributed by atoms with Crippen LogP contribution in [-0.4, -0.2) is 28.3 Å². The molecule has 2 rings (SSSR count). The number of rotatable bonds is 6. The van der Waals surface area contributed by atoms with E-state index in [1.54, 1.807) is 23.1 Å². The summed E-state index contributed by atoms with van der Waals surface area (Å²) in [5.41, 5.74) is 6.65. The summed E-state index contributed by atoms with van der Waals surface area (Å²) < 4.78 is 0. The molecule has 0 bridgehead atoms. The number of nitro groups is 1. The molecule has 6 nitrogen and oxygen atoms in total. The third kappa shape index (κ3) is 3.92. The highest BCUT2D eigenvalue weighted by Crippen LogP contribution is 2.27. The Balaban J connectivity index is 2.11. The molecule has 1 saturated carbocycles. The van der Waals surface area contributed by atoms with Gasteiger partial charge in [-0.25, -0.2) is 0 Å². The Labute approximate surface area is 129 Å². The van der Waals surface area contributed by atoms with E-state index in [4.69, 9.17) is 5.73 Å². The van der Waals surface area contributed by atoms with Crippen molar-refractivity contribution in [3.05, 3.63) is 52.6 Å². The van der Waals surface area contributed by atoms with Crippen molar-refractivity contribution in [2.75, 3.05) is 6.54 Å². The summed E-state index contributed by atoms with van der Waals surface area (Å²) in [6.45, 7) is 4.45. The molecule has 2 N–H and O–H groups in total. The van der Waals surface area contributed by atoms with E-state index in [0.717, 1.165) is 18.4 Å². The van der Waals surface area contributed by atoms with Crippen LogP contribution in [0.4, 0.5) is 5.69 Å². The first kappa shape index (κ1) is 16.2. The maximum absolute atomic E-state index is 12.6. The number of amides is 1. The molecule has 0 saturated heterocycles. The summed E-state index contributed by atoms with van der Waals surface area (Å²) in [7, 11) is 0. The van der Waals surface area contributed by atoms with Crippen LogP contribution in [0.2, 0.25) is 0 Å². The number of non-ortho nitro benzene ring substituents is 1. The summed E-state index contributed by atoms with van der Waals surface area (Å²) in [6, 6.07) is 6.46. The van der Waals surface area contributed by atoms with E-state index in [1.807, 2.05) is 0 Å². The Morgan fingerprint density at radius 1 is 1.50 bits per heavy atom. The molecule has 6 heteroatoms. The largest absolute Gasteiger partial charge is 0.334 e. The topological polar surface area (TPSA) is 89.5 Å². The zero-order valence-corrected chi connectivity index (χ0v) is 12.5. The van der Waals surface area contributed by atoms with Crippen molar-refractivity contribution in [3.8, 4) is 0 Å². The Kier molecular flexibility index (Phi) is 5.27. The van der Waals surface area contributed by atoms with Crippen molar-refractivity contribution >= 4 is 11.6 Å². The Hall–Kier alpha value is -2.21. The van der Waals surface area contributed by atoms with Gasteiger partial charge in [-0.2, -0.15) is 0 Å². The first-order valence-corrected chi connectivity index (χ1v) is 7.40. The van der Waals surface area contributed by atoms with Crippen molar-refractivity contribution in [1.82, 2.24) is 4.90 Å². The molecule has 0 unspecified atom stereocenters. The van der Waals surface area contributed by atoms with Crippen LogP contribution >= 0.6 is 0 Å². The van der Waals surface area contributed by atoms with Gasteiger partial charge in [-0.15, -0.1) is 6.58 Å². The minimum atomic E-state index is -0.431. The molecule has 22 heavy (non-hydrogen) atoms. The van der Waals surface area contributed by atoms with Gasteiger partial charge >= 0.3 is 0 Å². The van der Waals surface area contributed by atoms with Gasteiger partial charge in [-0.05, 0) is 24.8 Å². The predicted octanol–water partition coefficient (Wildman–Crippen LogP) is 2.24. The SMILES string of the molecule is C=CCN(Cc1cccc([N+](=O)[O-])c1)C(=O)[C@H]1CC[C@@H](N)C1. The molecule has 0 spiro atoms. The second-order valence-corrected chi connectivity index (χ2v) is 5.70. The fourth-order valence-electron chi connectivity index (χ4n) is 2.88. The van der Waals surface area contributed by atoms with E-state index in [0.29, 0.717) is 19.5 Å². The van der Waals surface area contributed by atoms with Crippen molar-refractivity contribution in [2.24, 2.45) is 11.7 Å². The van der Waals surface area contributed by atoms with Gasteiger partial charge in [0, 0.05) is 37.2 Å². The van der Waals surface area contributed by atoms with Crippen LogP contribution in [0.1, 0.15) is 24.8 Å². The lowest BCUT2D eigenvalue weighted by Crippen LogP contribution is -2.35. The minimum absolute atomic E-state index is 0.0337. The van der Waals surface area contributed by atoms with Crippen molar-refractivity contribution in [3.63, 3.8) is 0 Å². The number of nitrogens with zero attached hydrogens (tertiary/aromatic N) is 2. The normalized spacial score (nSPS) is 20.6. The van der Waals surface area contributed by atoms with Gasteiger partial charge in [0.05, 0.1) is 4.92 Å². The van der Waals surface area contributed by atoms with Gasteiger partial charge < -0.3 is 10.6 Å². The summed E-state index contributed by atoms with van der Waals surface area (Å²) in [4.78, 5) is 24.7. The smallest absolute Gasteiger partial charge is 0.269 e. The summed E-state index contributed by atoms with van der Waals surface area (Å²) in [6.07, 6.45) is 4.06. The number of carbonyl (C=O) groups excluding carboxylic acids is 1. The van der Waals surface area contributed by atoms with Crippen LogP contribution in [0.3, 0.4) is 0 Å². The number of nitro benzene ring substituents is 1. The molecule has 2 atom stereocenters. The molecule has 0 aromatic heterocycles. The summed E-state index contributed by atoms with van der Waals surface area (Å²) >= 11 is 0. The number of benzene rings is 1. The van der Waals surface area contributed by atoms with Crippen molar-refractivity contribution in [2.45, 2.75) is 31.8 Å². The van der Waals surface area contributed by atoms with Crippen LogP contribution in [-0.2, 0) is 11.3 Å². The minimum Gasteiger partial charge on any atom is -0.334 e. The zero-order chi connectivity index (χ0) is 16.1. The zero-order valence-electron chi connectivity index (χ0n) is 12.5. The number of hydrogen-bond acceptors (Lipinski definition) is 4. The van der Waals surface area contributed by atoms with Gasteiger partial charge in [-0.1, -0.05) is 18.2 Å². The fraction of sp³-hybridized carbons (Fsp3) is 0.438. The number of nitrogens with two attached hydrogens (primary N) is 1. The Morgan fingerprint density at radius 3 is 2.86 bits per heavy atom. The molecule has 1 fully saturated rings. The molecule has 1 aromatic carbocycles. The van der Waals surface area contributed by atoms with E-state index in [-0.39, 0.29) is 23.6 Å². The molecule has 0 aliphatic heterocycles. The van der Waals surface area contributed by atoms with E-state index >= 15 is 0 Å². The lowest BCUT2D eigenvalue weighted by atomic mass is 10.1. The second kappa shape index (κ2) is 7.17. The lowest BCUT2D eigenvalue weighted by Gasteiger charge is -2.24. The third-order valence-corrected chi connectivity index (χ3v) is 3.98. The average Bonchev–Trinajstić information content (AvgIpc) is 2.93. The van der Waals surface area contributed by atoms with Crippen LogP contribution in [0.25, 0.3) is 0 Å². The van der Waals surface area contributed by atoms with Crippen LogP contribution in [0.15, 0.2) is 36.9 Å². The molecule has 0 heterocycles. The second-order valence-electron chi connectivity index (χ2n) is 5.70. The van der Waals surface area contributed by atoms with Crippen LogP contribution in [0, 0.1) is 16.0 Å². The van der Waals surface area contributed by atoms with Gasteiger partial charge in [-0.3, -0.25) is 14.9 Å². The highest BCUT2D eigenvalue weighted by atomic mass is 16.6. The lowest BCUT2D eigenvalue weighted by molar-refractivity contribution is -0.384. The molecule has 1 aliphatic carbocycles. The third-order valence-electron chi connectivity index (χ3n) is 3.98. The molecule has 1 amide bonds. The standard InChI is InChI=1S/C16H21N3O3/c1-2-8-18(16(20)13-6-7-14(17)10-13)11-12-4-3-5-15(9-12)19(21)22/h2-5,9,13-14H,1,6-8,10-11,17H2/t13-,14+/m0/s1. The Morgan fingerprint density at radius 2 is 2.27 bits per heavy atom. The average molecular weight is 303 g/mol. The summed E-state index contributed by atoms with van der Waals surface area (Å²) in [5.74, 6) is 0.00741. The van der Waals surface area contributed by atoms with E-state index < -0.39 is 4.92 Å². The fourth-order valence-corrected chi connectivity index (χ4v) is 2.88. The maximum atomic E-state index is 12.6. The van der Waals surface area contributed by atoms with Gasteiger partial charge in [0.2, 0.25) is 5.91 Å². The molecule has 1 aliphatic rings. The van der Waals surface area contributed by atoms with Crippen molar-refractivity contribution in [1.29, 1.82) is 0 Å². The molecular formula is C16H21N3O3. The van der Waals surface area contributed by atoms with E-state index in [1.165, 1.54) is 12.1 Å². The Bertz CT molecular complexity index is 574. The molecule has 1 aromatic rings. The summed E-state index contributed by atoms with van der Waals surface area (Å²) in [5, 5.41) is 10.8. The van der Waals surface area contributed by atoms with Gasteiger partial charge in [0.25, 0.3) is 5.69 Å². The van der Waals surface area contributed by atoms with Gasteiger partial charge in [0.15, 0.2) is 0 Å². The molecule has 118 valence electrons. The predicted molar refractivity (Wildman–Crippen MR) is 84.0 cm³/mol. The highest BCUT2D eigenvalue weighted by Gasteiger charge is 2.30. The monoisotopic (exact) mass is 303 g/mol. The van der Waals surface area contributed by atoms with E-state index in [2.05, 4.69) is 6.58 Å². The highest BCUT2D eigenvalue weighted by molar-refractivity contribution is 5.79. The molecular weight excluding hydrogens is 282 g/mol. The number of carbonyl (C=O) groups is 1. The van der Waals surface area contributed by atoms with Gasteiger partial charge in [0.1, 0.15) is 0 Å². The first-order chi connectivity index (χ1) is 10.5. The molecule has 0 radical (unpaired) electrons.